The van der Waals surface area contributed by atoms with Gasteiger partial charge in [0.2, 0.25) is 5.91 Å². The highest BCUT2D eigenvalue weighted by molar-refractivity contribution is 7.14. The van der Waals surface area contributed by atoms with Gasteiger partial charge >= 0.3 is 12.1 Å². The largest absolute Gasteiger partial charge is 0.466 e. The van der Waals surface area contributed by atoms with Crippen molar-refractivity contribution in [3.8, 4) is 0 Å². The summed E-state index contributed by atoms with van der Waals surface area (Å²) in [5, 5.41) is 9.32. The lowest BCUT2D eigenvalue weighted by molar-refractivity contribution is -0.142. The van der Waals surface area contributed by atoms with Crippen molar-refractivity contribution >= 4 is 50.9 Å². The van der Waals surface area contributed by atoms with Gasteiger partial charge < -0.3 is 14.8 Å². The van der Waals surface area contributed by atoms with Crippen molar-refractivity contribution in [2.24, 2.45) is 0 Å². The summed E-state index contributed by atoms with van der Waals surface area (Å²) in [5.74, 6) is -0.663. The molecule has 152 valence electrons. The molecule has 0 aromatic carbocycles. The van der Waals surface area contributed by atoms with E-state index in [4.69, 9.17) is 9.47 Å². The quantitative estimate of drug-likeness (QED) is 0.652. The number of anilines is 2. The third-order valence-electron chi connectivity index (χ3n) is 2.93. The standard InChI is InChI=1S/C17H22N4O5S2/c1-5-25-13(23)7-11-9-27-14(19-11)20-12(22)6-10-8-28-15(18-10)21-16(24)26-17(2,3)4/h8-9H,5-7H2,1-4H3,(H,18,21,24)(H,19,20,22). The molecule has 2 amide bonds. The van der Waals surface area contributed by atoms with Gasteiger partial charge in [-0.05, 0) is 27.7 Å². The minimum atomic E-state index is -0.607. The van der Waals surface area contributed by atoms with E-state index < -0.39 is 11.7 Å². The van der Waals surface area contributed by atoms with Crippen LogP contribution in [0.5, 0.6) is 0 Å². The highest BCUT2D eigenvalue weighted by Gasteiger charge is 2.18. The number of hydrogen-bond donors (Lipinski definition) is 2. The van der Waals surface area contributed by atoms with Crippen LogP contribution in [0.25, 0.3) is 0 Å². The fourth-order valence-corrected chi connectivity index (χ4v) is 3.39. The molecule has 28 heavy (non-hydrogen) atoms. The maximum absolute atomic E-state index is 12.2. The van der Waals surface area contributed by atoms with E-state index in [1.165, 1.54) is 22.7 Å². The summed E-state index contributed by atoms with van der Waals surface area (Å²) in [6.07, 6.45) is -0.513. The number of carbonyl (C=O) groups is 3. The summed E-state index contributed by atoms with van der Waals surface area (Å²) < 4.78 is 10.0. The Morgan fingerprint density at radius 1 is 1.00 bits per heavy atom. The molecule has 2 aromatic heterocycles. The van der Waals surface area contributed by atoms with Gasteiger partial charge in [0.05, 0.1) is 30.8 Å². The van der Waals surface area contributed by atoms with Crippen molar-refractivity contribution in [1.29, 1.82) is 0 Å². The van der Waals surface area contributed by atoms with E-state index in [0.717, 1.165) is 0 Å². The Bertz CT molecular complexity index is 841. The van der Waals surface area contributed by atoms with Crippen LogP contribution in [0.2, 0.25) is 0 Å². The molecule has 0 saturated carbocycles. The minimum Gasteiger partial charge on any atom is -0.466 e. The first kappa shape index (κ1) is 21.8. The topological polar surface area (TPSA) is 120 Å². The third kappa shape index (κ3) is 7.61. The first-order valence-corrected chi connectivity index (χ1v) is 10.2. The smallest absolute Gasteiger partial charge is 0.413 e. The van der Waals surface area contributed by atoms with E-state index in [1.807, 2.05) is 0 Å². The average molecular weight is 427 g/mol. The number of ether oxygens (including phenoxy) is 2. The van der Waals surface area contributed by atoms with Gasteiger partial charge in [0.15, 0.2) is 10.3 Å². The van der Waals surface area contributed by atoms with Crippen LogP contribution in [0, 0.1) is 0 Å². The maximum atomic E-state index is 12.2. The zero-order valence-corrected chi connectivity index (χ0v) is 17.7. The summed E-state index contributed by atoms with van der Waals surface area (Å²) in [6.45, 7) is 7.34. The molecule has 0 radical (unpaired) electrons. The van der Waals surface area contributed by atoms with Crippen molar-refractivity contribution in [3.05, 3.63) is 22.1 Å². The molecule has 0 saturated heterocycles. The van der Waals surface area contributed by atoms with E-state index in [-0.39, 0.29) is 24.7 Å². The number of nitrogens with zero attached hydrogens (tertiary/aromatic N) is 2. The minimum absolute atomic E-state index is 0.0271. The molecular formula is C17H22N4O5S2. The first-order valence-electron chi connectivity index (χ1n) is 8.49. The second kappa shape index (κ2) is 9.60. The molecule has 2 N–H and O–H groups in total. The molecule has 0 atom stereocenters. The lowest BCUT2D eigenvalue weighted by Crippen LogP contribution is -2.27. The van der Waals surface area contributed by atoms with Crippen LogP contribution in [-0.2, 0) is 31.9 Å². The fourth-order valence-electron chi connectivity index (χ4n) is 1.97. The summed E-state index contributed by atoms with van der Waals surface area (Å²) in [7, 11) is 0. The normalized spacial score (nSPS) is 11.0. The SMILES string of the molecule is CCOC(=O)Cc1csc(NC(=O)Cc2csc(NC(=O)OC(C)(C)C)n2)n1. The number of aromatic nitrogens is 2. The van der Waals surface area contributed by atoms with E-state index >= 15 is 0 Å². The highest BCUT2D eigenvalue weighted by Crippen LogP contribution is 2.19. The Morgan fingerprint density at radius 3 is 2.14 bits per heavy atom. The molecule has 9 nitrogen and oxygen atoms in total. The van der Waals surface area contributed by atoms with Gasteiger partial charge in [-0.2, -0.15) is 0 Å². The van der Waals surface area contributed by atoms with Crippen LogP contribution in [0.1, 0.15) is 39.1 Å². The molecule has 11 heteroatoms. The summed E-state index contributed by atoms with van der Waals surface area (Å²) >= 11 is 2.43. The van der Waals surface area contributed by atoms with Gasteiger partial charge in [0.1, 0.15) is 5.60 Å². The van der Waals surface area contributed by atoms with Gasteiger partial charge in [-0.25, -0.2) is 14.8 Å². The molecule has 2 aromatic rings. The molecule has 0 spiro atoms. The van der Waals surface area contributed by atoms with Crippen LogP contribution in [-0.4, -0.2) is 40.1 Å². The number of nitrogens with one attached hydrogen (secondary N) is 2. The third-order valence-corrected chi connectivity index (χ3v) is 4.54. The Hall–Kier alpha value is -2.53. The Morgan fingerprint density at radius 2 is 1.57 bits per heavy atom. The van der Waals surface area contributed by atoms with E-state index in [9.17, 15) is 14.4 Å². The number of rotatable bonds is 7. The summed E-state index contributed by atoms with van der Waals surface area (Å²) in [5.41, 5.74) is 0.442. The lowest BCUT2D eigenvalue weighted by atomic mass is 10.2. The van der Waals surface area contributed by atoms with Crippen molar-refractivity contribution in [2.45, 2.75) is 46.1 Å². The van der Waals surface area contributed by atoms with Gasteiger partial charge in [-0.3, -0.25) is 14.9 Å². The Balaban J connectivity index is 1.84. The monoisotopic (exact) mass is 426 g/mol. The second-order valence-corrected chi connectivity index (χ2v) is 8.34. The lowest BCUT2D eigenvalue weighted by Gasteiger charge is -2.18. The van der Waals surface area contributed by atoms with Crippen molar-refractivity contribution < 1.29 is 23.9 Å². The number of hydrogen-bond acceptors (Lipinski definition) is 9. The molecule has 2 heterocycles. The Labute approximate surface area is 170 Å². The molecule has 0 unspecified atom stereocenters. The van der Waals surface area contributed by atoms with Gasteiger partial charge in [-0.15, -0.1) is 22.7 Å². The van der Waals surface area contributed by atoms with Crippen LogP contribution in [0.3, 0.4) is 0 Å². The molecule has 2 rings (SSSR count). The van der Waals surface area contributed by atoms with E-state index in [2.05, 4.69) is 20.6 Å². The Kier molecular flexibility index (Phi) is 7.46. The zero-order chi connectivity index (χ0) is 20.7. The van der Waals surface area contributed by atoms with E-state index in [0.29, 0.717) is 28.3 Å². The molecule has 0 aliphatic carbocycles. The fraction of sp³-hybridized carbons (Fsp3) is 0.471. The number of esters is 1. The number of thiazole rings is 2. The zero-order valence-electron chi connectivity index (χ0n) is 16.0. The van der Waals surface area contributed by atoms with E-state index in [1.54, 1.807) is 38.5 Å². The maximum Gasteiger partial charge on any atom is 0.413 e. The summed E-state index contributed by atoms with van der Waals surface area (Å²) in [4.78, 5) is 43.7. The first-order chi connectivity index (χ1) is 13.1. The second-order valence-electron chi connectivity index (χ2n) is 6.62. The van der Waals surface area contributed by atoms with Crippen LogP contribution in [0.15, 0.2) is 10.8 Å². The van der Waals surface area contributed by atoms with Crippen molar-refractivity contribution in [2.75, 3.05) is 17.2 Å². The predicted molar refractivity (Wildman–Crippen MR) is 107 cm³/mol. The molecular weight excluding hydrogens is 404 g/mol. The van der Waals surface area contributed by atoms with Gasteiger partial charge in [-0.1, -0.05) is 0 Å². The number of amides is 2. The van der Waals surface area contributed by atoms with Crippen molar-refractivity contribution in [3.63, 3.8) is 0 Å². The summed E-state index contributed by atoms with van der Waals surface area (Å²) in [6, 6.07) is 0. The van der Waals surface area contributed by atoms with Crippen LogP contribution >= 0.6 is 22.7 Å². The number of carbonyl (C=O) groups excluding carboxylic acids is 3. The van der Waals surface area contributed by atoms with Crippen molar-refractivity contribution in [1.82, 2.24) is 9.97 Å². The molecule has 0 aliphatic heterocycles. The van der Waals surface area contributed by atoms with Crippen LogP contribution in [0.4, 0.5) is 15.1 Å². The molecule has 0 fully saturated rings. The highest BCUT2D eigenvalue weighted by atomic mass is 32.1. The molecule has 0 bridgehead atoms. The average Bonchev–Trinajstić information content (AvgIpc) is 3.15. The predicted octanol–water partition coefficient (Wildman–Crippen LogP) is 3.23. The van der Waals surface area contributed by atoms with Crippen LogP contribution < -0.4 is 10.6 Å². The van der Waals surface area contributed by atoms with Gasteiger partial charge in [0, 0.05) is 10.8 Å². The molecule has 0 aliphatic rings. The van der Waals surface area contributed by atoms with Gasteiger partial charge in [0.25, 0.3) is 0 Å².